The molecule has 1 rings (SSSR count). The minimum Gasteiger partial charge on any atom is -0.508 e. The van der Waals surface area contributed by atoms with Gasteiger partial charge < -0.3 is 9.84 Å². The SMILES string of the molecule is CCC(CC)N(CCOC)Cc1cc(O)cc(F)c1. The Morgan fingerprint density at radius 3 is 2.47 bits per heavy atom. The van der Waals surface area contributed by atoms with Gasteiger partial charge >= 0.3 is 0 Å². The molecule has 19 heavy (non-hydrogen) atoms. The van der Waals surface area contributed by atoms with Crippen LogP contribution in [0.4, 0.5) is 4.39 Å². The summed E-state index contributed by atoms with van der Waals surface area (Å²) in [6.07, 6.45) is 2.09. The maximum absolute atomic E-state index is 13.3. The number of hydrogen-bond acceptors (Lipinski definition) is 3. The fourth-order valence-corrected chi connectivity index (χ4v) is 2.36. The van der Waals surface area contributed by atoms with E-state index in [9.17, 15) is 9.50 Å². The first-order chi connectivity index (χ1) is 9.10. The summed E-state index contributed by atoms with van der Waals surface area (Å²) in [5.41, 5.74) is 0.792. The molecule has 0 aliphatic carbocycles. The minimum atomic E-state index is -0.397. The lowest BCUT2D eigenvalue weighted by atomic mass is 10.1. The highest BCUT2D eigenvalue weighted by molar-refractivity contribution is 5.28. The molecule has 4 heteroatoms. The van der Waals surface area contributed by atoms with Crippen molar-refractivity contribution in [3.8, 4) is 5.75 Å². The fourth-order valence-electron chi connectivity index (χ4n) is 2.36. The van der Waals surface area contributed by atoms with Crippen LogP contribution in [-0.4, -0.2) is 36.3 Å². The molecule has 1 aromatic carbocycles. The second-order valence-corrected chi connectivity index (χ2v) is 4.75. The molecular weight excluding hydrogens is 245 g/mol. The van der Waals surface area contributed by atoms with Crippen LogP contribution in [0.1, 0.15) is 32.3 Å². The van der Waals surface area contributed by atoms with Crippen LogP contribution in [0.15, 0.2) is 18.2 Å². The second kappa shape index (κ2) is 8.12. The van der Waals surface area contributed by atoms with E-state index in [1.54, 1.807) is 13.2 Å². The van der Waals surface area contributed by atoms with Crippen molar-refractivity contribution < 1.29 is 14.2 Å². The van der Waals surface area contributed by atoms with Gasteiger partial charge in [-0.15, -0.1) is 0 Å². The largest absolute Gasteiger partial charge is 0.508 e. The highest BCUT2D eigenvalue weighted by Gasteiger charge is 2.15. The van der Waals surface area contributed by atoms with Crippen molar-refractivity contribution in [3.05, 3.63) is 29.6 Å². The molecule has 0 heterocycles. The van der Waals surface area contributed by atoms with E-state index in [2.05, 4.69) is 18.7 Å². The van der Waals surface area contributed by atoms with Crippen molar-refractivity contribution in [2.24, 2.45) is 0 Å². The molecular formula is C15H24FNO2. The molecule has 3 nitrogen and oxygen atoms in total. The van der Waals surface area contributed by atoms with Crippen LogP contribution in [0.5, 0.6) is 5.75 Å². The van der Waals surface area contributed by atoms with Gasteiger partial charge in [-0.2, -0.15) is 0 Å². The molecule has 0 unspecified atom stereocenters. The molecule has 0 atom stereocenters. The molecule has 0 amide bonds. The van der Waals surface area contributed by atoms with Gasteiger partial charge in [0.05, 0.1) is 6.61 Å². The molecule has 0 aromatic heterocycles. The Morgan fingerprint density at radius 2 is 1.95 bits per heavy atom. The lowest BCUT2D eigenvalue weighted by molar-refractivity contribution is 0.110. The van der Waals surface area contributed by atoms with Gasteiger partial charge in [-0.1, -0.05) is 13.8 Å². The Morgan fingerprint density at radius 1 is 1.26 bits per heavy atom. The number of aromatic hydroxyl groups is 1. The van der Waals surface area contributed by atoms with E-state index in [-0.39, 0.29) is 5.75 Å². The summed E-state index contributed by atoms with van der Waals surface area (Å²) >= 11 is 0. The van der Waals surface area contributed by atoms with Gasteiger partial charge in [0.15, 0.2) is 0 Å². The summed E-state index contributed by atoms with van der Waals surface area (Å²) in [6, 6.07) is 4.66. The van der Waals surface area contributed by atoms with Gasteiger partial charge in [0.25, 0.3) is 0 Å². The number of rotatable bonds is 8. The van der Waals surface area contributed by atoms with E-state index >= 15 is 0 Å². The first-order valence-corrected chi connectivity index (χ1v) is 6.82. The summed E-state index contributed by atoms with van der Waals surface area (Å²) in [6.45, 7) is 6.38. The maximum atomic E-state index is 13.3. The quantitative estimate of drug-likeness (QED) is 0.787. The first kappa shape index (κ1) is 15.9. The highest BCUT2D eigenvalue weighted by atomic mass is 19.1. The fraction of sp³-hybridized carbons (Fsp3) is 0.600. The van der Waals surface area contributed by atoms with Crippen LogP contribution in [-0.2, 0) is 11.3 Å². The number of ether oxygens (including phenoxy) is 1. The number of phenols is 1. The van der Waals surface area contributed by atoms with Gasteiger partial charge in [-0.05, 0) is 30.5 Å². The van der Waals surface area contributed by atoms with Gasteiger partial charge in [0.1, 0.15) is 11.6 Å². The van der Waals surface area contributed by atoms with E-state index in [1.165, 1.54) is 6.07 Å². The normalized spacial score (nSPS) is 11.5. The number of hydrogen-bond donors (Lipinski definition) is 1. The zero-order chi connectivity index (χ0) is 14.3. The molecule has 0 saturated heterocycles. The van der Waals surface area contributed by atoms with Crippen LogP contribution in [0, 0.1) is 5.82 Å². The first-order valence-electron chi connectivity index (χ1n) is 6.82. The van der Waals surface area contributed by atoms with Crippen molar-refractivity contribution in [1.82, 2.24) is 4.90 Å². The molecule has 0 fully saturated rings. The zero-order valence-electron chi connectivity index (χ0n) is 12.0. The molecule has 1 aromatic rings. The summed E-state index contributed by atoms with van der Waals surface area (Å²) in [5, 5.41) is 9.45. The Hall–Kier alpha value is -1.13. The highest BCUT2D eigenvalue weighted by Crippen LogP contribution is 2.18. The molecule has 0 saturated carbocycles. The van der Waals surface area contributed by atoms with Gasteiger partial charge in [0.2, 0.25) is 0 Å². The molecule has 108 valence electrons. The van der Waals surface area contributed by atoms with Gasteiger partial charge in [-0.25, -0.2) is 4.39 Å². The van der Waals surface area contributed by atoms with Crippen LogP contribution < -0.4 is 0 Å². The van der Waals surface area contributed by atoms with E-state index in [1.807, 2.05) is 0 Å². The Kier molecular flexibility index (Phi) is 6.81. The van der Waals surface area contributed by atoms with Gasteiger partial charge in [-0.3, -0.25) is 4.90 Å². The van der Waals surface area contributed by atoms with Crippen molar-refractivity contribution in [1.29, 1.82) is 0 Å². The Balaban J connectivity index is 2.80. The van der Waals surface area contributed by atoms with Crippen molar-refractivity contribution in [2.45, 2.75) is 39.3 Å². The second-order valence-electron chi connectivity index (χ2n) is 4.75. The number of phenolic OH excluding ortho intramolecular Hbond substituents is 1. The molecule has 0 radical (unpaired) electrons. The van der Waals surface area contributed by atoms with E-state index in [4.69, 9.17) is 4.74 Å². The minimum absolute atomic E-state index is 0.0220. The van der Waals surface area contributed by atoms with E-state index in [0.717, 1.165) is 31.0 Å². The third kappa shape index (κ3) is 5.17. The standard InChI is InChI=1S/C15H24FNO2/c1-4-14(5-2)17(6-7-19-3)11-12-8-13(16)10-15(18)9-12/h8-10,14,18H,4-7,11H2,1-3H3. The average molecular weight is 269 g/mol. The molecule has 0 spiro atoms. The number of nitrogens with zero attached hydrogens (tertiary/aromatic N) is 1. The monoisotopic (exact) mass is 269 g/mol. The Bertz CT molecular complexity index is 360. The third-order valence-electron chi connectivity index (χ3n) is 3.37. The predicted octanol–water partition coefficient (Wildman–Crippen LogP) is 3.17. The summed E-state index contributed by atoms with van der Waals surface area (Å²) < 4.78 is 18.4. The van der Waals surface area contributed by atoms with E-state index in [0.29, 0.717) is 19.2 Å². The molecule has 0 aliphatic heterocycles. The van der Waals surface area contributed by atoms with Crippen LogP contribution in [0.2, 0.25) is 0 Å². The van der Waals surface area contributed by atoms with E-state index < -0.39 is 5.82 Å². The zero-order valence-corrected chi connectivity index (χ0v) is 12.0. The topological polar surface area (TPSA) is 32.7 Å². The Labute approximate surface area is 115 Å². The summed E-state index contributed by atoms with van der Waals surface area (Å²) in [7, 11) is 1.68. The number of halogens is 1. The van der Waals surface area contributed by atoms with Crippen molar-refractivity contribution >= 4 is 0 Å². The van der Waals surface area contributed by atoms with Crippen LogP contribution in [0.25, 0.3) is 0 Å². The van der Waals surface area contributed by atoms with Crippen molar-refractivity contribution in [2.75, 3.05) is 20.3 Å². The molecule has 0 aliphatic rings. The lowest BCUT2D eigenvalue weighted by Gasteiger charge is -2.30. The van der Waals surface area contributed by atoms with Crippen LogP contribution in [0.3, 0.4) is 0 Å². The predicted molar refractivity (Wildman–Crippen MR) is 74.7 cm³/mol. The maximum Gasteiger partial charge on any atom is 0.127 e. The van der Waals surface area contributed by atoms with Gasteiger partial charge in [0, 0.05) is 32.3 Å². The number of benzene rings is 1. The lowest BCUT2D eigenvalue weighted by Crippen LogP contribution is -2.36. The summed E-state index contributed by atoms with van der Waals surface area (Å²) in [5.74, 6) is -0.419. The average Bonchev–Trinajstić information content (AvgIpc) is 2.35. The van der Waals surface area contributed by atoms with Crippen molar-refractivity contribution in [3.63, 3.8) is 0 Å². The molecule has 0 bridgehead atoms. The number of methoxy groups -OCH3 is 1. The van der Waals surface area contributed by atoms with Crippen LogP contribution >= 0.6 is 0 Å². The summed E-state index contributed by atoms with van der Waals surface area (Å²) in [4.78, 5) is 2.28. The molecule has 1 N–H and O–H groups in total. The smallest absolute Gasteiger partial charge is 0.127 e. The third-order valence-corrected chi connectivity index (χ3v) is 3.37.